The quantitative estimate of drug-likeness (QED) is 0.562. The highest BCUT2D eigenvalue weighted by atomic mass is 35.5. The Bertz CT molecular complexity index is 665. The van der Waals surface area contributed by atoms with Crippen LogP contribution in [0.25, 0.3) is 6.08 Å². The van der Waals surface area contributed by atoms with Crippen LogP contribution < -0.4 is 10.1 Å². The molecule has 3 nitrogen and oxygen atoms in total. The Morgan fingerprint density at radius 3 is 2.74 bits per heavy atom. The van der Waals surface area contributed by atoms with E-state index in [1.54, 1.807) is 18.2 Å². The smallest absolute Gasteiger partial charge is 0.248 e. The zero-order valence-electron chi connectivity index (χ0n) is 13.1. The minimum atomic E-state index is -0.189. The predicted molar refractivity (Wildman–Crippen MR) is 96.0 cm³/mol. The number of hydrogen-bond acceptors (Lipinski definition) is 2. The van der Waals surface area contributed by atoms with Crippen LogP contribution in [0.3, 0.4) is 0 Å². The molecule has 0 fully saturated rings. The van der Waals surface area contributed by atoms with E-state index in [1.165, 1.54) is 6.08 Å². The van der Waals surface area contributed by atoms with Gasteiger partial charge in [0, 0.05) is 22.9 Å². The molecule has 1 N–H and O–H groups in total. The number of amides is 1. The molecule has 0 atom stereocenters. The van der Waals surface area contributed by atoms with E-state index in [9.17, 15) is 4.79 Å². The summed E-state index contributed by atoms with van der Waals surface area (Å²) in [6.07, 6.45) is 5.34. The maximum Gasteiger partial charge on any atom is 0.248 e. The molecule has 0 saturated carbocycles. The fourth-order valence-electron chi connectivity index (χ4n) is 1.93. The predicted octanol–water partition coefficient (Wildman–Crippen LogP) is 5.17. The first-order valence-electron chi connectivity index (χ1n) is 7.65. The molecule has 2 aromatic carbocycles. The highest BCUT2D eigenvalue weighted by Crippen LogP contribution is 2.18. The summed E-state index contributed by atoms with van der Waals surface area (Å²) in [5.41, 5.74) is 1.63. The average molecular weight is 330 g/mol. The van der Waals surface area contributed by atoms with Gasteiger partial charge in [-0.25, -0.2) is 0 Å². The second-order valence-corrected chi connectivity index (χ2v) is 5.54. The van der Waals surface area contributed by atoms with E-state index in [1.807, 2.05) is 36.4 Å². The molecule has 2 rings (SSSR count). The van der Waals surface area contributed by atoms with Crippen LogP contribution in [0.1, 0.15) is 25.3 Å². The SMILES string of the molecule is CCCCOc1cccc(NC(=O)/C=C/c2ccc(Cl)cc2)c1. The van der Waals surface area contributed by atoms with Crippen molar-refractivity contribution >= 4 is 29.3 Å². The Morgan fingerprint density at radius 1 is 1.22 bits per heavy atom. The van der Waals surface area contributed by atoms with Gasteiger partial charge in [0.2, 0.25) is 5.91 Å². The Hall–Kier alpha value is -2.26. The van der Waals surface area contributed by atoms with Crippen molar-refractivity contribution in [3.8, 4) is 5.75 Å². The number of rotatable bonds is 7. The van der Waals surface area contributed by atoms with Gasteiger partial charge in [0.15, 0.2) is 0 Å². The number of carbonyl (C=O) groups is 1. The van der Waals surface area contributed by atoms with Crippen LogP contribution in [-0.4, -0.2) is 12.5 Å². The summed E-state index contributed by atoms with van der Waals surface area (Å²) in [6, 6.07) is 14.7. The van der Waals surface area contributed by atoms with Crippen molar-refractivity contribution in [1.29, 1.82) is 0 Å². The minimum absolute atomic E-state index is 0.189. The number of hydrogen-bond donors (Lipinski definition) is 1. The zero-order chi connectivity index (χ0) is 16.5. The number of nitrogens with one attached hydrogen (secondary N) is 1. The Morgan fingerprint density at radius 2 is 2.00 bits per heavy atom. The van der Waals surface area contributed by atoms with Crippen molar-refractivity contribution in [2.24, 2.45) is 0 Å². The Labute approximate surface area is 141 Å². The number of carbonyl (C=O) groups excluding carboxylic acids is 1. The second kappa shape index (κ2) is 9.01. The standard InChI is InChI=1S/C19H20ClNO2/c1-2-3-13-23-18-6-4-5-17(14-18)21-19(22)12-9-15-7-10-16(20)11-8-15/h4-12,14H,2-3,13H2,1H3,(H,21,22)/b12-9+. The topological polar surface area (TPSA) is 38.3 Å². The first-order chi connectivity index (χ1) is 11.2. The van der Waals surface area contributed by atoms with E-state index in [0.717, 1.165) is 24.2 Å². The van der Waals surface area contributed by atoms with Gasteiger partial charge in [-0.15, -0.1) is 0 Å². The fraction of sp³-hybridized carbons (Fsp3) is 0.211. The molecular formula is C19H20ClNO2. The molecule has 0 saturated heterocycles. The van der Waals surface area contributed by atoms with Crippen molar-refractivity contribution in [2.75, 3.05) is 11.9 Å². The maximum atomic E-state index is 12.0. The van der Waals surface area contributed by atoms with Crippen molar-refractivity contribution in [1.82, 2.24) is 0 Å². The first kappa shape index (κ1) is 17.1. The molecule has 0 aliphatic rings. The molecule has 0 aliphatic carbocycles. The second-order valence-electron chi connectivity index (χ2n) is 5.10. The van der Waals surface area contributed by atoms with E-state index >= 15 is 0 Å². The monoisotopic (exact) mass is 329 g/mol. The molecule has 0 heterocycles. The van der Waals surface area contributed by atoms with Crippen molar-refractivity contribution in [2.45, 2.75) is 19.8 Å². The lowest BCUT2D eigenvalue weighted by Gasteiger charge is -2.07. The van der Waals surface area contributed by atoms with Crippen LogP contribution in [0.5, 0.6) is 5.75 Å². The summed E-state index contributed by atoms with van der Waals surface area (Å²) < 4.78 is 5.63. The van der Waals surface area contributed by atoms with Crippen molar-refractivity contribution in [3.63, 3.8) is 0 Å². The molecule has 0 spiro atoms. The molecule has 2 aromatic rings. The molecule has 120 valence electrons. The van der Waals surface area contributed by atoms with Gasteiger partial charge in [0.1, 0.15) is 5.75 Å². The minimum Gasteiger partial charge on any atom is -0.494 e. The molecule has 0 bridgehead atoms. The normalized spacial score (nSPS) is 10.7. The van der Waals surface area contributed by atoms with Crippen LogP contribution in [-0.2, 0) is 4.79 Å². The van der Waals surface area contributed by atoms with Crippen molar-refractivity contribution in [3.05, 3.63) is 65.2 Å². The maximum absolute atomic E-state index is 12.0. The van der Waals surface area contributed by atoms with E-state index < -0.39 is 0 Å². The van der Waals surface area contributed by atoms with Gasteiger partial charge in [-0.2, -0.15) is 0 Å². The lowest BCUT2D eigenvalue weighted by molar-refractivity contribution is -0.111. The van der Waals surface area contributed by atoms with Crippen molar-refractivity contribution < 1.29 is 9.53 Å². The average Bonchev–Trinajstić information content (AvgIpc) is 2.55. The lowest BCUT2D eigenvalue weighted by Crippen LogP contribution is -2.07. The summed E-state index contributed by atoms with van der Waals surface area (Å²) in [4.78, 5) is 12.0. The number of halogens is 1. The molecule has 4 heteroatoms. The van der Waals surface area contributed by atoms with Gasteiger partial charge in [-0.3, -0.25) is 4.79 Å². The molecule has 0 aliphatic heterocycles. The van der Waals surface area contributed by atoms with Crippen LogP contribution in [0.15, 0.2) is 54.6 Å². The van der Waals surface area contributed by atoms with Gasteiger partial charge in [0.25, 0.3) is 0 Å². The van der Waals surface area contributed by atoms with Gasteiger partial charge >= 0.3 is 0 Å². The highest BCUT2D eigenvalue weighted by molar-refractivity contribution is 6.30. The van der Waals surface area contributed by atoms with Gasteiger partial charge in [0.05, 0.1) is 6.61 Å². The van der Waals surface area contributed by atoms with E-state index in [-0.39, 0.29) is 5.91 Å². The van der Waals surface area contributed by atoms with Crippen LogP contribution in [0, 0.1) is 0 Å². The Balaban J connectivity index is 1.91. The summed E-state index contributed by atoms with van der Waals surface area (Å²) in [5.74, 6) is 0.573. The molecule has 0 unspecified atom stereocenters. The van der Waals surface area contributed by atoms with Gasteiger partial charge in [-0.1, -0.05) is 43.1 Å². The van der Waals surface area contributed by atoms with Gasteiger partial charge in [-0.05, 0) is 42.3 Å². The molecule has 0 aromatic heterocycles. The summed E-state index contributed by atoms with van der Waals surface area (Å²) in [5, 5.41) is 3.50. The molecule has 1 amide bonds. The van der Waals surface area contributed by atoms with E-state index in [2.05, 4.69) is 12.2 Å². The molecule has 23 heavy (non-hydrogen) atoms. The number of benzene rings is 2. The number of anilines is 1. The molecule has 0 radical (unpaired) electrons. The third-order valence-corrected chi connectivity index (χ3v) is 3.42. The largest absolute Gasteiger partial charge is 0.494 e. The van der Waals surface area contributed by atoms with Crippen LogP contribution >= 0.6 is 11.6 Å². The van der Waals surface area contributed by atoms with E-state index in [0.29, 0.717) is 17.3 Å². The third kappa shape index (κ3) is 6.17. The Kier molecular flexibility index (Phi) is 6.70. The fourth-order valence-corrected chi connectivity index (χ4v) is 2.05. The summed E-state index contributed by atoms with van der Waals surface area (Å²) >= 11 is 5.83. The first-order valence-corrected chi connectivity index (χ1v) is 8.02. The lowest BCUT2D eigenvalue weighted by atomic mass is 10.2. The molecular weight excluding hydrogens is 310 g/mol. The number of unbranched alkanes of at least 4 members (excludes halogenated alkanes) is 1. The third-order valence-electron chi connectivity index (χ3n) is 3.17. The van der Waals surface area contributed by atoms with Crippen LogP contribution in [0.2, 0.25) is 5.02 Å². The zero-order valence-corrected chi connectivity index (χ0v) is 13.8. The summed E-state index contributed by atoms with van der Waals surface area (Å²) in [6.45, 7) is 2.80. The van der Waals surface area contributed by atoms with E-state index in [4.69, 9.17) is 16.3 Å². The number of ether oxygens (including phenoxy) is 1. The van der Waals surface area contributed by atoms with Gasteiger partial charge < -0.3 is 10.1 Å². The summed E-state index contributed by atoms with van der Waals surface area (Å²) in [7, 11) is 0. The van der Waals surface area contributed by atoms with Crippen LogP contribution in [0.4, 0.5) is 5.69 Å². The highest BCUT2D eigenvalue weighted by Gasteiger charge is 2.00.